The van der Waals surface area contributed by atoms with Crippen LogP contribution in [0.25, 0.3) is 0 Å². The number of amides is 2. The first-order chi connectivity index (χ1) is 5.24. The molecular weight excluding hydrogens is 142 g/mol. The minimum atomic E-state index is -0.282. The van der Waals surface area contributed by atoms with Crippen molar-refractivity contribution in [1.29, 1.82) is 0 Å². The smallest absolute Gasteiger partial charge is 0.252 e. The van der Waals surface area contributed by atoms with Gasteiger partial charge in [-0.15, -0.1) is 6.58 Å². The van der Waals surface area contributed by atoms with Gasteiger partial charge in [-0.05, 0) is 12.8 Å². The molecular formula is C8H10NO2. The lowest BCUT2D eigenvalue weighted by molar-refractivity contribution is -0.136. The zero-order valence-corrected chi connectivity index (χ0v) is 6.25. The van der Waals surface area contributed by atoms with E-state index in [1.54, 1.807) is 6.08 Å². The Bertz CT molecular complexity index is 198. The Morgan fingerprint density at radius 2 is 2.36 bits per heavy atom. The van der Waals surface area contributed by atoms with Gasteiger partial charge in [-0.1, -0.05) is 6.08 Å². The van der Waals surface area contributed by atoms with Crippen molar-refractivity contribution in [3.8, 4) is 0 Å². The van der Waals surface area contributed by atoms with E-state index >= 15 is 0 Å². The average molecular weight is 152 g/mol. The van der Waals surface area contributed by atoms with Crippen molar-refractivity contribution in [3.63, 3.8) is 0 Å². The zero-order chi connectivity index (χ0) is 8.27. The predicted molar refractivity (Wildman–Crippen MR) is 39.7 cm³/mol. The van der Waals surface area contributed by atoms with Crippen molar-refractivity contribution >= 4 is 11.8 Å². The summed E-state index contributed by atoms with van der Waals surface area (Å²) in [5, 5.41) is 3.36. The second-order valence-electron chi connectivity index (χ2n) is 2.60. The minimum Gasteiger partial charge on any atom is -0.273 e. The van der Waals surface area contributed by atoms with Gasteiger partial charge in [0, 0.05) is 12.3 Å². The predicted octanol–water partition coefficient (Wildman–Crippen LogP) is 0.630. The monoisotopic (exact) mass is 152 g/mol. The standard InChI is InChI=1S/C8H10NO2/c1-2-3-6-4-5-7(10)9-8(6)11/h2,6H,1,3-5H2. The maximum absolute atomic E-state index is 11.0. The van der Waals surface area contributed by atoms with Crippen LogP contribution in [-0.2, 0) is 9.59 Å². The minimum absolute atomic E-state index is 0.0924. The normalized spacial score (nSPS) is 24.5. The fourth-order valence-electron chi connectivity index (χ4n) is 1.11. The Morgan fingerprint density at radius 3 is 2.91 bits per heavy atom. The second-order valence-corrected chi connectivity index (χ2v) is 2.60. The Kier molecular flexibility index (Phi) is 2.41. The molecule has 3 nitrogen and oxygen atoms in total. The molecule has 59 valence electrons. The van der Waals surface area contributed by atoms with E-state index in [1.165, 1.54) is 0 Å². The highest BCUT2D eigenvalue weighted by Gasteiger charge is 2.26. The molecule has 1 radical (unpaired) electrons. The lowest BCUT2D eigenvalue weighted by Gasteiger charge is -2.16. The van der Waals surface area contributed by atoms with E-state index in [9.17, 15) is 9.59 Å². The first-order valence-corrected chi connectivity index (χ1v) is 3.63. The molecule has 0 aromatic rings. The molecule has 1 unspecified atom stereocenters. The van der Waals surface area contributed by atoms with Crippen molar-refractivity contribution in [2.75, 3.05) is 0 Å². The number of nitrogens with zero attached hydrogens (tertiary/aromatic N) is 1. The number of carbonyl (C=O) groups is 2. The summed E-state index contributed by atoms with van der Waals surface area (Å²) in [4.78, 5) is 21.6. The lowest BCUT2D eigenvalue weighted by Crippen LogP contribution is -2.34. The zero-order valence-electron chi connectivity index (χ0n) is 6.25. The third-order valence-corrected chi connectivity index (χ3v) is 1.74. The summed E-state index contributed by atoms with van der Waals surface area (Å²) in [7, 11) is 0. The summed E-state index contributed by atoms with van der Waals surface area (Å²) in [6.07, 6.45) is 3.36. The van der Waals surface area contributed by atoms with Crippen LogP contribution < -0.4 is 5.32 Å². The quantitative estimate of drug-likeness (QED) is 0.430. The highest BCUT2D eigenvalue weighted by Crippen LogP contribution is 2.16. The fraction of sp³-hybridized carbons (Fsp3) is 0.500. The summed E-state index contributed by atoms with van der Waals surface area (Å²) in [5.74, 6) is -0.651. The molecule has 11 heavy (non-hydrogen) atoms. The Balaban J connectivity index is 2.50. The summed E-state index contributed by atoms with van der Waals surface area (Å²) >= 11 is 0. The molecule has 3 heteroatoms. The maximum atomic E-state index is 11.0. The number of piperidine rings is 1. The van der Waals surface area contributed by atoms with Crippen molar-refractivity contribution in [1.82, 2.24) is 5.32 Å². The van der Waals surface area contributed by atoms with Gasteiger partial charge in [-0.2, -0.15) is 5.32 Å². The van der Waals surface area contributed by atoms with E-state index in [-0.39, 0.29) is 17.7 Å². The van der Waals surface area contributed by atoms with Crippen LogP contribution in [0.3, 0.4) is 0 Å². The summed E-state index contributed by atoms with van der Waals surface area (Å²) in [6.45, 7) is 3.53. The molecule has 1 aliphatic rings. The Labute approximate surface area is 65.5 Å². The number of hydrogen-bond donors (Lipinski definition) is 0. The van der Waals surface area contributed by atoms with Crippen LogP contribution in [0, 0.1) is 5.92 Å². The first kappa shape index (κ1) is 7.98. The van der Waals surface area contributed by atoms with Crippen LogP contribution in [0.4, 0.5) is 0 Å². The van der Waals surface area contributed by atoms with E-state index in [4.69, 9.17) is 0 Å². The molecule has 0 aliphatic carbocycles. The van der Waals surface area contributed by atoms with Crippen LogP contribution in [0.2, 0.25) is 0 Å². The molecule has 1 rings (SSSR count). The average Bonchev–Trinajstić information content (AvgIpc) is 1.95. The van der Waals surface area contributed by atoms with Gasteiger partial charge < -0.3 is 0 Å². The summed E-state index contributed by atoms with van der Waals surface area (Å²) in [5.41, 5.74) is 0. The molecule has 1 heterocycles. The van der Waals surface area contributed by atoms with E-state index in [1.807, 2.05) is 0 Å². The van der Waals surface area contributed by atoms with Gasteiger partial charge in [0.15, 0.2) is 0 Å². The molecule has 0 saturated carbocycles. The molecule has 1 atom stereocenters. The van der Waals surface area contributed by atoms with E-state index in [2.05, 4.69) is 11.9 Å². The number of carbonyl (C=O) groups excluding carboxylic acids is 2. The van der Waals surface area contributed by atoms with Gasteiger partial charge in [-0.3, -0.25) is 9.59 Å². The third kappa shape index (κ3) is 1.90. The summed E-state index contributed by atoms with van der Waals surface area (Å²) < 4.78 is 0. The van der Waals surface area contributed by atoms with Crippen LogP contribution in [-0.4, -0.2) is 11.8 Å². The molecule has 0 N–H and O–H groups in total. The molecule has 0 aromatic heterocycles. The Morgan fingerprint density at radius 1 is 1.64 bits per heavy atom. The van der Waals surface area contributed by atoms with Crippen LogP contribution in [0.1, 0.15) is 19.3 Å². The Hall–Kier alpha value is -1.12. The van der Waals surface area contributed by atoms with Gasteiger partial charge in [0.1, 0.15) is 0 Å². The van der Waals surface area contributed by atoms with Gasteiger partial charge in [0.2, 0.25) is 5.91 Å². The number of imide groups is 1. The van der Waals surface area contributed by atoms with Crippen molar-refractivity contribution < 1.29 is 9.59 Å². The maximum Gasteiger partial charge on any atom is 0.252 e. The summed E-state index contributed by atoms with van der Waals surface area (Å²) in [6, 6.07) is 0. The van der Waals surface area contributed by atoms with Gasteiger partial charge in [0.25, 0.3) is 5.91 Å². The van der Waals surface area contributed by atoms with E-state index < -0.39 is 0 Å². The van der Waals surface area contributed by atoms with E-state index in [0.717, 1.165) is 0 Å². The van der Waals surface area contributed by atoms with Gasteiger partial charge in [0.05, 0.1) is 0 Å². The third-order valence-electron chi connectivity index (χ3n) is 1.74. The number of hydrogen-bond acceptors (Lipinski definition) is 2. The highest BCUT2D eigenvalue weighted by atomic mass is 16.2. The largest absolute Gasteiger partial charge is 0.273 e. The number of allylic oxidation sites excluding steroid dienone is 1. The molecule has 1 fully saturated rings. The van der Waals surface area contributed by atoms with Crippen LogP contribution in [0.15, 0.2) is 12.7 Å². The molecule has 0 aromatic carbocycles. The molecule has 0 spiro atoms. The van der Waals surface area contributed by atoms with Gasteiger partial charge in [-0.25, -0.2) is 0 Å². The number of rotatable bonds is 2. The van der Waals surface area contributed by atoms with E-state index in [0.29, 0.717) is 19.3 Å². The van der Waals surface area contributed by atoms with Crippen LogP contribution >= 0.6 is 0 Å². The van der Waals surface area contributed by atoms with Gasteiger partial charge >= 0.3 is 0 Å². The van der Waals surface area contributed by atoms with Crippen LogP contribution in [0.5, 0.6) is 0 Å². The van der Waals surface area contributed by atoms with Crippen molar-refractivity contribution in [2.24, 2.45) is 5.92 Å². The topological polar surface area (TPSA) is 48.2 Å². The highest BCUT2D eigenvalue weighted by molar-refractivity contribution is 5.98. The molecule has 1 aliphatic heterocycles. The van der Waals surface area contributed by atoms with Crippen molar-refractivity contribution in [3.05, 3.63) is 12.7 Å². The van der Waals surface area contributed by atoms with Crippen molar-refractivity contribution in [2.45, 2.75) is 19.3 Å². The fourth-order valence-corrected chi connectivity index (χ4v) is 1.11. The molecule has 2 amide bonds. The second kappa shape index (κ2) is 3.32. The SMILES string of the molecule is C=CCC1CCC(=O)[N]C1=O. The first-order valence-electron chi connectivity index (χ1n) is 3.63. The lowest BCUT2D eigenvalue weighted by atomic mass is 9.95. The molecule has 1 saturated heterocycles. The molecule has 0 bridgehead atoms.